The molecular weight excluding hydrogens is 648 g/mol. The lowest BCUT2D eigenvalue weighted by Gasteiger charge is -2.41. The van der Waals surface area contributed by atoms with Crippen LogP contribution in [-0.2, 0) is 25.5 Å². The maximum Gasteiger partial charge on any atom is 0.410 e. The average molecular weight is 690 g/mol. The van der Waals surface area contributed by atoms with Gasteiger partial charge in [-0.25, -0.2) is 14.8 Å². The van der Waals surface area contributed by atoms with Crippen molar-refractivity contribution in [1.29, 1.82) is 0 Å². The van der Waals surface area contributed by atoms with E-state index in [1.807, 2.05) is 49.6 Å². The maximum atomic E-state index is 13.5. The number of carbonyl (C=O) groups excluding carboxylic acids is 2. The first kappa shape index (κ1) is 32.8. The number of nitrogens with one attached hydrogen (secondary N) is 1. The Hall–Kier alpha value is -3.62. The fourth-order valence-electron chi connectivity index (χ4n) is 5.82. The topological polar surface area (TPSA) is 129 Å². The van der Waals surface area contributed by atoms with E-state index < -0.39 is 17.8 Å². The van der Waals surface area contributed by atoms with Gasteiger partial charge in [0.05, 0.1) is 40.5 Å². The molecule has 45 heavy (non-hydrogen) atoms. The second-order valence-electron chi connectivity index (χ2n) is 12.1. The summed E-state index contributed by atoms with van der Waals surface area (Å²) in [6.07, 6.45) is 4.13. The quantitative estimate of drug-likeness (QED) is 0.321. The SMILES string of the molecule is COC(=O)[C@H]1CCCN1C[C@@H]1CO[C@@H](c2nc(Br)c3c(NCc4ccc(OC)cc4OC)nccn23)CN1C(=O)OC(C)(C)C. The Bertz CT molecular complexity index is 1530. The zero-order chi connectivity index (χ0) is 32.3. The van der Waals surface area contributed by atoms with Crippen molar-refractivity contribution < 1.29 is 33.3 Å². The smallest absolute Gasteiger partial charge is 0.410 e. The van der Waals surface area contributed by atoms with Gasteiger partial charge < -0.3 is 29.0 Å². The summed E-state index contributed by atoms with van der Waals surface area (Å²) in [5, 5.41) is 3.40. The molecule has 14 heteroatoms. The molecule has 1 aromatic carbocycles. The zero-order valence-corrected chi connectivity index (χ0v) is 28.1. The van der Waals surface area contributed by atoms with Gasteiger partial charge in [-0.15, -0.1) is 0 Å². The molecule has 0 aliphatic carbocycles. The number of likely N-dealkylation sites (tertiary alicyclic amines) is 1. The molecule has 3 aromatic rings. The number of carbonyl (C=O) groups is 2. The first-order valence-electron chi connectivity index (χ1n) is 14.9. The van der Waals surface area contributed by atoms with Crippen LogP contribution in [0.3, 0.4) is 0 Å². The summed E-state index contributed by atoms with van der Waals surface area (Å²) >= 11 is 3.63. The van der Waals surface area contributed by atoms with Gasteiger partial charge >= 0.3 is 12.1 Å². The molecule has 0 unspecified atom stereocenters. The van der Waals surface area contributed by atoms with Crippen LogP contribution in [0.15, 0.2) is 35.2 Å². The van der Waals surface area contributed by atoms with Gasteiger partial charge in [0.25, 0.3) is 0 Å². The zero-order valence-electron chi connectivity index (χ0n) is 26.5. The van der Waals surface area contributed by atoms with Gasteiger partial charge in [0.1, 0.15) is 45.2 Å². The van der Waals surface area contributed by atoms with Crippen molar-refractivity contribution in [2.75, 3.05) is 52.9 Å². The summed E-state index contributed by atoms with van der Waals surface area (Å²) in [5.74, 6) is 2.37. The Kier molecular flexibility index (Phi) is 10.0. The number of aromatic nitrogens is 3. The molecule has 2 saturated heterocycles. The Morgan fingerprint density at radius 2 is 1.98 bits per heavy atom. The van der Waals surface area contributed by atoms with E-state index in [2.05, 4.69) is 31.1 Å². The predicted octanol–water partition coefficient (Wildman–Crippen LogP) is 4.44. The second kappa shape index (κ2) is 13.8. The van der Waals surface area contributed by atoms with Gasteiger partial charge in [0.2, 0.25) is 0 Å². The molecule has 2 aromatic heterocycles. The Morgan fingerprint density at radius 1 is 1.18 bits per heavy atom. The third-order valence-corrected chi connectivity index (χ3v) is 8.52. The van der Waals surface area contributed by atoms with Crippen molar-refractivity contribution in [3.63, 3.8) is 0 Å². The predicted molar refractivity (Wildman–Crippen MR) is 170 cm³/mol. The minimum Gasteiger partial charge on any atom is -0.497 e. The number of benzene rings is 1. The number of amides is 1. The second-order valence-corrected chi connectivity index (χ2v) is 12.8. The number of nitrogens with zero attached hydrogens (tertiary/aromatic N) is 5. The van der Waals surface area contributed by atoms with Crippen LogP contribution in [-0.4, -0.2) is 101 Å². The molecule has 13 nitrogen and oxygen atoms in total. The summed E-state index contributed by atoms with van der Waals surface area (Å²) in [6, 6.07) is 4.99. The third-order valence-electron chi connectivity index (χ3n) is 7.97. The Balaban J connectivity index is 1.39. The summed E-state index contributed by atoms with van der Waals surface area (Å²) in [7, 11) is 4.64. The minimum atomic E-state index is -0.681. The van der Waals surface area contributed by atoms with Crippen LogP contribution in [0.1, 0.15) is 51.1 Å². The molecule has 0 bridgehead atoms. The summed E-state index contributed by atoms with van der Waals surface area (Å²) in [5.41, 5.74) is 0.979. The molecule has 5 rings (SSSR count). The average Bonchev–Trinajstić information content (AvgIpc) is 3.63. The highest BCUT2D eigenvalue weighted by Gasteiger charge is 2.41. The molecule has 0 saturated carbocycles. The summed E-state index contributed by atoms with van der Waals surface area (Å²) in [4.78, 5) is 39.1. The highest BCUT2D eigenvalue weighted by atomic mass is 79.9. The van der Waals surface area contributed by atoms with Crippen LogP contribution >= 0.6 is 15.9 Å². The number of fused-ring (bicyclic) bond motifs is 1. The number of halogens is 1. The van der Waals surface area contributed by atoms with Gasteiger partial charge in [-0.3, -0.25) is 19.0 Å². The number of esters is 1. The molecule has 2 aliphatic heterocycles. The molecule has 0 radical (unpaired) electrons. The Morgan fingerprint density at radius 3 is 2.69 bits per heavy atom. The standard InChI is InChI=1S/C31H41BrN6O7/c1-31(2,3)45-30(40)38-17-24(44-18-20(38)16-36-12-7-8-22(36)29(39)43-6)28-35-26(32)25-27(33-11-13-37(25)28)34-15-19-9-10-21(41-4)14-23(19)42-5/h9-11,13-14,20,22,24H,7-8,12,15-18H2,1-6H3,(H,33,34)/t20-,22-,24-/m1/s1. The van der Waals surface area contributed by atoms with E-state index >= 15 is 0 Å². The van der Waals surface area contributed by atoms with E-state index in [0.717, 1.165) is 30.5 Å². The molecule has 1 N–H and O–H groups in total. The monoisotopic (exact) mass is 688 g/mol. The largest absolute Gasteiger partial charge is 0.497 e. The van der Waals surface area contributed by atoms with Crippen molar-refractivity contribution in [3.8, 4) is 11.5 Å². The number of hydrogen-bond acceptors (Lipinski definition) is 11. The van der Waals surface area contributed by atoms with Crippen molar-refractivity contribution in [2.45, 2.75) is 63.9 Å². The molecule has 2 aliphatic rings. The lowest BCUT2D eigenvalue weighted by atomic mass is 10.1. The van der Waals surface area contributed by atoms with E-state index in [9.17, 15) is 9.59 Å². The van der Waals surface area contributed by atoms with Crippen molar-refractivity contribution in [1.82, 2.24) is 24.2 Å². The minimum absolute atomic E-state index is 0.218. The lowest BCUT2D eigenvalue weighted by molar-refractivity contribution is -0.146. The van der Waals surface area contributed by atoms with E-state index in [4.69, 9.17) is 28.7 Å². The first-order chi connectivity index (χ1) is 21.5. The van der Waals surface area contributed by atoms with Crippen LogP contribution in [0.2, 0.25) is 0 Å². The van der Waals surface area contributed by atoms with E-state index in [-0.39, 0.29) is 31.2 Å². The molecule has 4 heterocycles. The van der Waals surface area contributed by atoms with Crippen LogP contribution in [0.25, 0.3) is 5.52 Å². The van der Waals surface area contributed by atoms with Crippen molar-refractivity contribution in [3.05, 3.63) is 46.6 Å². The number of morpholine rings is 1. The number of ether oxygens (including phenoxy) is 5. The molecule has 3 atom stereocenters. The molecular formula is C31H41BrN6O7. The number of methoxy groups -OCH3 is 3. The third kappa shape index (κ3) is 7.28. The molecule has 0 spiro atoms. The highest BCUT2D eigenvalue weighted by molar-refractivity contribution is 9.10. The molecule has 2 fully saturated rings. The van der Waals surface area contributed by atoms with Crippen LogP contribution in [0.5, 0.6) is 11.5 Å². The fraction of sp³-hybridized carbons (Fsp3) is 0.548. The van der Waals surface area contributed by atoms with Gasteiger partial charge in [0.15, 0.2) is 5.82 Å². The van der Waals surface area contributed by atoms with E-state index in [1.54, 1.807) is 25.3 Å². The number of anilines is 1. The summed E-state index contributed by atoms with van der Waals surface area (Å²) < 4.78 is 30.6. The van der Waals surface area contributed by atoms with Crippen molar-refractivity contribution >= 4 is 39.3 Å². The van der Waals surface area contributed by atoms with Gasteiger partial charge in [-0.05, 0) is 68.2 Å². The van der Waals surface area contributed by atoms with Crippen LogP contribution in [0.4, 0.5) is 10.6 Å². The fourth-order valence-corrected chi connectivity index (χ4v) is 6.38. The molecule has 1 amide bonds. The van der Waals surface area contributed by atoms with Gasteiger partial charge in [-0.1, -0.05) is 0 Å². The Labute approximate surface area is 271 Å². The normalized spacial score (nSPS) is 20.7. The highest BCUT2D eigenvalue weighted by Crippen LogP contribution is 2.33. The van der Waals surface area contributed by atoms with E-state index in [1.165, 1.54) is 7.11 Å². The maximum absolute atomic E-state index is 13.5. The van der Waals surface area contributed by atoms with Crippen LogP contribution in [0, 0.1) is 0 Å². The van der Waals surface area contributed by atoms with Crippen LogP contribution < -0.4 is 14.8 Å². The lowest BCUT2D eigenvalue weighted by Crippen LogP contribution is -2.56. The van der Waals surface area contributed by atoms with Gasteiger partial charge in [-0.2, -0.15) is 0 Å². The van der Waals surface area contributed by atoms with E-state index in [0.29, 0.717) is 40.8 Å². The number of hydrogen-bond donors (Lipinski definition) is 1. The van der Waals surface area contributed by atoms with Gasteiger partial charge in [0, 0.05) is 37.1 Å². The first-order valence-corrected chi connectivity index (χ1v) is 15.7. The number of rotatable bonds is 9. The summed E-state index contributed by atoms with van der Waals surface area (Å²) in [6.45, 7) is 7.64. The number of imidazole rings is 1. The molecule has 244 valence electrons. The van der Waals surface area contributed by atoms with Crippen molar-refractivity contribution in [2.24, 2.45) is 0 Å².